The molecule has 0 heterocycles. The molecule has 0 bridgehead atoms. The Bertz CT molecular complexity index is 487. The molecule has 3 nitrogen and oxygen atoms in total. The summed E-state index contributed by atoms with van der Waals surface area (Å²) >= 11 is 7.58. The molecule has 1 saturated carbocycles. The number of carbonyl (C=O) groups is 1. The Labute approximate surface area is 129 Å². The Morgan fingerprint density at radius 2 is 2.25 bits per heavy atom. The number of aliphatic hydroxyl groups is 1. The molecule has 2 rings (SSSR count). The van der Waals surface area contributed by atoms with Crippen molar-refractivity contribution in [1.82, 2.24) is 5.32 Å². The molecule has 0 aromatic heterocycles. The Morgan fingerprint density at radius 3 is 2.75 bits per heavy atom. The molecule has 110 valence electrons. The van der Waals surface area contributed by atoms with E-state index in [-0.39, 0.29) is 23.8 Å². The Morgan fingerprint density at radius 1 is 1.55 bits per heavy atom. The minimum absolute atomic E-state index is 0.0223. The first-order valence-corrected chi connectivity index (χ1v) is 8.41. The van der Waals surface area contributed by atoms with E-state index in [9.17, 15) is 9.90 Å². The van der Waals surface area contributed by atoms with Crippen LogP contribution in [0.1, 0.15) is 25.3 Å². The van der Waals surface area contributed by atoms with Crippen LogP contribution >= 0.6 is 23.4 Å². The summed E-state index contributed by atoms with van der Waals surface area (Å²) in [4.78, 5) is 12.5. The third-order valence-corrected chi connectivity index (χ3v) is 5.36. The second-order valence-electron chi connectivity index (χ2n) is 5.31. The largest absolute Gasteiger partial charge is 0.395 e. The first-order chi connectivity index (χ1) is 9.53. The van der Waals surface area contributed by atoms with E-state index in [4.69, 9.17) is 11.6 Å². The second-order valence-corrected chi connectivity index (χ2v) is 6.82. The van der Waals surface area contributed by atoms with Gasteiger partial charge in [-0.2, -0.15) is 11.8 Å². The van der Waals surface area contributed by atoms with Crippen LogP contribution in [0.15, 0.2) is 24.3 Å². The van der Waals surface area contributed by atoms with Gasteiger partial charge in [0.05, 0.1) is 12.0 Å². The zero-order valence-corrected chi connectivity index (χ0v) is 13.3. The van der Waals surface area contributed by atoms with Crippen LogP contribution in [-0.2, 0) is 10.2 Å². The predicted molar refractivity (Wildman–Crippen MR) is 84.4 cm³/mol. The van der Waals surface area contributed by atoms with Gasteiger partial charge >= 0.3 is 0 Å². The number of rotatable bonds is 6. The van der Waals surface area contributed by atoms with E-state index in [0.717, 1.165) is 18.4 Å². The van der Waals surface area contributed by atoms with Gasteiger partial charge in [0.1, 0.15) is 0 Å². The maximum atomic E-state index is 12.5. The number of amides is 1. The molecule has 1 aliphatic carbocycles. The Balaban J connectivity index is 2.09. The van der Waals surface area contributed by atoms with Crippen LogP contribution in [0.3, 0.4) is 0 Å². The molecule has 0 saturated heterocycles. The van der Waals surface area contributed by atoms with Gasteiger partial charge < -0.3 is 10.4 Å². The first-order valence-electron chi connectivity index (χ1n) is 6.74. The molecule has 1 aliphatic rings. The Kier molecular flexibility index (Phi) is 4.99. The van der Waals surface area contributed by atoms with Crippen molar-refractivity contribution >= 4 is 29.3 Å². The summed E-state index contributed by atoms with van der Waals surface area (Å²) in [7, 11) is 0. The van der Waals surface area contributed by atoms with Crippen molar-refractivity contribution in [3.05, 3.63) is 34.9 Å². The predicted octanol–water partition coefficient (Wildman–Crippen LogP) is 2.60. The van der Waals surface area contributed by atoms with Gasteiger partial charge in [0.25, 0.3) is 0 Å². The highest BCUT2D eigenvalue weighted by atomic mass is 35.5. The van der Waals surface area contributed by atoms with Crippen LogP contribution in [0.5, 0.6) is 0 Å². The summed E-state index contributed by atoms with van der Waals surface area (Å²) in [6.07, 6.45) is 3.65. The number of hydrogen-bond donors (Lipinski definition) is 2. The highest BCUT2D eigenvalue weighted by molar-refractivity contribution is 7.99. The normalized spacial score (nSPS) is 19.2. The smallest absolute Gasteiger partial charge is 0.230 e. The first kappa shape index (κ1) is 15.7. The number of halogens is 1. The van der Waals surface area contributed by atoms with E-state index in [1.807, 2.05) is 37.4 Å². The lowest BCUT2D eigenvalue weighted by Crippen LogP contribution is -2.45. The number of aliphatic hydroxyl groups excluding tert-OH is 1. The van der Waals surface area contributed by atoms with Crippen LogP contribution in [-0.4, -0.2) is 35.2 Å². The third kappa shape index (κ3) is 3.13. The fraction of sp³-hybridized carbons (Fsp3) is 0.533. The summed E-state index contributed by atoms with van der Waals surface area (Å²) in [5.74, 6) is 0.0415. The molecule has 1 aromatic rings. The fourth-order valence-corrected chi connectivity index (χ4v) is 3.25. The van der Waals surface area contributed by atoms with E-state index in [1.54, 1.807) is 11.8 Å². The molecule has 20 heavy (non-hydrogen) atoms. The van der Waals surface area contributed by atoms with Crippen LogP contribution < -0.4 is 5.32 Å². The van der Waals surface area contributed by atoms with Gasteiger partial charge in [0.15, 0.2) is 0 Å². The lowest BCUT2D eigenvalue weighted by molar-refractivity contribution is -0.124. The van der Waals surface area contributed by atoms with Crippen molar-refractivity contribution in [1.29, 1.82) is 0 Å². The van der Waals surface area contributed by atoms with E-state index in [1.165, 1.54) is 0 Å². The zero-order valence-electron chi connectivity index (χ0n) is 11.7. The SMILES string of the molecule is CS[C@@H](CO)[C@H](C)NC(=O)C1(c2cccc(Cl)c2)CC1. The summed E-state index contributed by atoms with van der Waals surface area (Å²) < 4.78 is 0. The van der Waals surface area contributed by atoms with Gasteiger partial charge in [0.2, 0.25) is 5.91 Å². The van der Waals surface area contributed by atoms with E-state index in [2.05, 4.69) is 5.32 Å². The van der Waals surface area contributed by atoms with E-state index >= 15 is 0 Å². The molecule has 1 fully saturated rings. The molecule has 2 N–H and O–H groups in total. The molecule has 0 spiro atoms. The number of benzene rings is 1. The number of nitrogens with one attached hydrogen (secondary N) is 1. The number of hydrogen-bond acceptors (Lipinski definition) is 3. The van der Waals surface area contributed by atoms with Crippen LogP contribution in [0.4, 0.5) is 0 Å². The van der Waals surface area contributed by atoms with Crippen molar-refractivity contribution in [3.63, 3.8) is 0 Å². The summed E-state index contributed by atoms with van der Waals surface area (Å²) in [6, 6.07) is 7.47. The van der Waals surface area contributed by atoms with Gasteiger partial charge in [-0.1, -0.05) is 23.7 Å². The van der Waals surface area contributed by atoms with Gasteiger partial charge in [-0.15, -0.1) is 0 Å². The van der Waals surface area contributed by atoms with Crippen molar-refractivity contribution in [2.45, 2.75) is 36.5 Å². The molecule has 0 radical (unpaired) electrons. The highest BCUT2D eigenvalue weighted by Crippen LogP contribution is 2.49. The molecule has 0 aliphatic heterocycles. The maximum Gasteiger partial charge on any atom is 0.230 e. The van der Waals surface area contributed by atoms with Crippen molar-refractivity contribution < 1.29 is 9.90 Å². The van der Waals surface area contributed by atoms with E-state index in [0.29, 0.717) is 5.02 Å². The molecule has 5 heteroatoms. The van der Waals surface area contributed by atoms with Crippen molar-refractivity contribution in [2.24, 2.45) is 0 Å². The quantitative estimate of drug-likeness (QED) is 0.848. The Hall–Kier alpha value is -0.710. The minimum atomic E-state index is -0.419. The zero-order chi connectivity index (χ0) is 14.8. The number of thioether (sulfide) groups is 1. The van der Waals surface area contributed by atoms with Crippen molar-refractivity contribution in [3.8, 4) is 0 Å². The van der Waals surface area contributed by atoms with Crippen LogP contribution in [0, 0.1) is 0 Å². The highest BCUT2D eigenvalue weighted by Gasteiger charge is 2.51. The fourth-order valence-electron chi connectivity index (χ4n) is 2.43. The standard InChI is InChI=1S/C15H20ClNO2S/c1-10(13(9-18)20-2)17-14(19)15(6-7-15)11-4-3-5-12(16)8-11/h3-5,8,10,13,18H,6-7,9H2,1-2H3,(H,17,19)/t10-,13-/m0/s1. The second kappa shape index (κ2) is 6.37. The molecule has 1 aromatic carbocycles. The van der Waals surface area contributed by atoms with Crippen LogP contribution in [0.25, 0.3) is 0 Å². The van der Waals surface area contributed by atoms with Gasteiger partial charge in [-0.25, -0.2) is 0 Å². The molecule has 0 unspecified atom stereocenters. The van der Waals surface area contributed by atoms with Gasteiger partial charge in [-0.3, -0.25) is 4.79 Å². The van der Waals surface area contributed by atoms with E-state index < -0.39 is 5.41 Å². The summed E-state index contributed by atoms with van der Waals surface area (Å²) in [5, 5.41) is 13.0. The third-order valence-electron chi connectivity index (χ3n) is 3.96. The molecular formula is C15H20ClNO2S. The maximum absolute atomic E-state index is 12.5. The average molecular weight is 314 g/mol. The summed E-state index contributed by atoms with van der Waals surface area (Å²) in [5.41, 5.74) is 0.566. The minimum Gasteiger partial charge on any atom is -0.395 e. The molecule has 1 amide bonds. The number of carbonyl (C=O) groups excluding carboxylic acids is 1. The summed E-state index contributed by atoms with van der Waals surface area (Å²) in [6.45, 7) is 2.00. The lowest BCUT2D eigenvalue weighted by Gasteiger charge is -2.24. The van der Waals surface area contributed by atoms with Gasteiger partial charge in [-0.05, 0) is 43.7 Å². The van der Waals surface area contributed by atoms with Crippen LogP contribution in [0.2, 0.25) is 5.02 Å². The average Bonchev–Trinajstić information content (AvgIpc) is 3.21. The topological polar surface area (TPSA) is 49.3 Å². The van der Waals surface area contributed by atoms with Crippen molar-refractivity contribution in [2.75, 3.05) is 12.9 Å². The monoisotopic (exact) mass is 313 g/mol. The lowest BCUT2D eigenvalue weighted by atomic mass is 9.94. The molecular weight excluding hydrogens is 294 g/mol. The molecule has 2 atom stereocenters. The van der Waals surface area contributed by atoms with Gasteiger partial charge in [0, 0.05) is 16.3 Å².